The lowest BCUT2D eigenvalue weighted by atomic mass is 9.87. The van der Waals surface area contributed by atoms with Crippen LogP contribution in [0.4, 0.5) is 0 Å². The topological polar surface area (TPSA) is 62.2 Å². The average molecular weight is 345 g/mol. The summed E-state index contributed by atoms with van der Waals surface area (Å²) in [7, 11) is 0. The van der Waals surface area contributed by atoms with Crippen LogP contribution in [0.25, 0.3) is 11.6 Å². The van der Waals surface area contributed by atoms with Gasteiger partial charge in [-0.15, -0.1) is 0 Å². The van der Waals surface area contributed by atoms with Crippen LogP contribution in [0.5, 0.6) is 0 Å². The van der Waals surface area contributed by atoms with Gasteiger partial charge in [-0.3, -0.25) is 4.99 Å². The summed E-state index contributed by atoms with van der Waals surface area (Å²) < 4.78 is 0. The number of fused-ring (bicyclic) bond motifs is 1. The molecular formula is C21H19N3S. The van der Waals surface area contributed by atoms with Crippen LogP contribution in [0, 0.1) is 11.3 Å². The van der Waals surface area contributed by atoms with Crippen molar-refractivity contribution in [1.82, 2.24) is 0 Å². The fourth-order valence-corrected chi connectivity index (χ4v) is 4.52. The van der Waals surface area contributed by atoms with E-state index in [0.717, 1.165) is 24.2 Å². The molecule has 1 aliphatic heterocycles. The number of hydrogen-bond donors (Lipinski definition) is 1. The van der Waals surface area contributed by atoms with Crippen LogP contribution in [0.15, 0.2) is 47.5 Å². The van der Waals surface area contributed by atoms with Crippen LogP contribution in [0.1, 0.15) is 41.2 Å². The van der Waals surface area contributed by atoms with Gasteiger partial charge in [0.1, 0.15) is 0 Å². The van der Waals surface area contributed by atoms with Crippen molar-refractivity contribution in [3.8, 4) is 6.07 Å². The molecule has 4 rings (SSSR count). The van der Waals surface area contributed by atoms with Crippen molar-refractivity contribution in [1.29, 1.82) is 5.26 Å². The lowest BCUT2D eigenvalue weighted by molar-refractivity contribution is 0.482. The van der Waals surface area contributed by atoms with Gasteiger partial charge in [0.05, 0.1) is 17.2 Å². The number of allylic oxidation sites excluding steroid dienone is 1. The molecule has 0 fully saturated rings. The summed E-state index contributed by atoms with van der Waals surface area (Å²) >= 11 is 1.63. The standard InChI is InChI=1S/C21H19N3S/c1-21(7-8-25-20(23)24-21)19-4-2-3-15(12-19)18-10-16-6-5-14(13-22)9-17(16)11-18/h2-6,9-10,12H,7-8,11H2,1H3,(H2,23,24)/t21-/m0/s1. The molecule has 2 aliphatic rings. The Balaban J connectivity index is 1.68. The highest BCUT2D eigenvalue weighted by Crippen LogP contribution is 2.38. The number of aliphatic imine (C=N–C) groups is 1. The first kappa shape index (κ1) is 16.0. The maximum atomic E-state index is 9.09. The highest BCUT2D eigenvalue weighted by molar-refractivity contribution is 8.13. The summed E-state index contributed by atoms with van der Waals surface area (Å²) in [5.41, 5.74) is 12.6. The van der Waals surface area contributed by atoms with Gasteiger partial charge in [0.25, 0.3) is 0 Å². The van der Waals surface area contributed by atoms with Gasteiger partial charge >= 0.3 is 0 Å². The van der Waals surface area contributed by atoms with E-state index in [-0.39, 0.29) is 5.54 Å². The second kappa shape index (κ2) is 6.09. The lowest BCUT2D eigenvalue weighted by Gasteiger charge is -2.30. The van der Waals surface area contributed by atoms with E-state index in [1.54, 1.807) is 11.8 Å². The smallest absolute Gasteiger partial charge is 0.154 e. The number of amidine groups is 1. The summed E-state index contributed by atoms with van der Waals surface area (Å²) in [6.07, 6.45) is 4.09. The molecule has 1 heterocycles. The second-order valence-electron chi connectivity index (χ2n) is 6.77. The minimum atomic E-state index is -0.245. The van der Waals surface area contributed by atoms with E-state index >= 15 is 0 Å². The molecule has 124 valence electrons. The number of thioether (sulfide) groups is 1. The molecule has 0 amide bonds. The minimum Gasteiger partial charge on any atom is -0.379 e. The zero-order valence-electron chi connectivity index (χ0n) is 14.1. The quantitative estimate of drug-likeness (QED) is 0.881. The summed E-state index contributed by atoms with van der Waals surface area (Å²) in [5, 5.41) is 9.77. The number of nitriles is 1. The third-order valence-electron chi connectivity index (χ3n) is 5.03. The molecule has 1 atom stereocenters. The van der Waals surface area contributed by atoms with Gasteiger partial charge in [0, 0.05) is 5.75 Å². The van der Waals surface area contributed by atoms with E-state index < -0.39 is 0 Å². The van der Waals surface area contributed by atoms with Crippen LogP contribution < -0.4 is 5.73 Å². The summed E-state index contributed by atoms with van der Waals surface area (Å²) in [6.45, 7) is 2.16. The second-order valence-corrected chi connectivity index (χ2v) is 7.89. The Bertz CT molecular complexity index is 952. The highest BCUT2D eigenvalue weighted by atomic mass is 32.2. The zero-order chi connectivity index (χ0) is 17.4. The molecule has 0 aromatic heterocycles. The first-order valence-corrected chi connectivity index (χ1v) is 9.39. The highest BCUT2D eigenvalue weighted by Gasteiger charge is 2.29. The maximum absolute atomic E-state index is 9.09. The zero-order valence-corrected chi connectivity index (χ0v) is 14.9. The van der Waals surface area contributed by atoms with Crippen LogP contribution in [0.2, 0.25) is 0 Å². The van der Waals surface area contributed by atoms with Crippen molar-refractivity contribution in [2.75, 3.05) is 5.75 Å². The predicted molar refractivity (Wildman–Crippen MR) is 105 cm³/mol. The Kier molecular flexibility index (Phi) is 3.89. The first-order chi connectivity index (χ1) is 12.1. The molecular weight excluding hydrogens is 326 g/mol. The molecule has 2 aromatic carbocycles. The van der Waals surface area contributed by atoms with E-state index in [1.165, 1.54) is 27.8 Å². The monoisotopic (exact) mass is 345 g/mol. The Morgan fingerprint density at radius 1 is 1.24 bits per heavy atom. The molecule has 0 saturated carbocycles. The van der Waals surface area contributed by atoms with Gasteiger partial charge in [-0.1, -0.05) is 42.1 Å². The largest absolute Gasteiger partial charge is 0.379 e. The van der Waals surface area contributed by atoms with Crippen molar-refractivity contribution in [2.24, 2.45) is 10.7 Å². The molecule has 0 saturated heterocycles. The molecule has 1 aliphatic carbocycles. The SMILES string of the molecule is C[C@@]1(c2cccc(C3=Cc4ccc(C#N)cc4C3)c2)CCSC(N)=N1. The fraction of sp³-hybridized carbons (Fsp3) is 0.238. The molecule has 3 nitrogen and oxygen atoms in total. The maximum Gasteiger partial charge on any atom is 0.154 e. The van der Waals surface area contributed by atoms with Crippen molar-refractivity contribution in [2.45, 2.75) is 25.3 Å². The van der Waals surface area contributed by atoms with E-state index in [9.17, 15) is 0 Å². The van der Waals surface area contributed by atoms with Crippen LogP contribution in [-0.4, -0.2) is 10.9 Å². The Morgan fingerprint density at radius 2 is 2.12 bits per heavy atom. The number of nitrogens with two attached hydrogens (primary N) is 1. The molecule has 25 heavy (non-hydrogen) atoms. The summed E-state index contributed by atoms with van der Waals surface area (Å²) in [4.78, 5) is 4.72. The molecule has 0 unspecified atom stereocenters. The van der Waals surface area contributed by atoms with E-state index in [0.29, 0.717) is 5.17 Å². The average Bonchev–Trinajstić information content (AvgIpc) is 3.05. The molecule has 2 N–H and O–H groups in total. The van der Waals surface area contributed by atoms with Gasteiger partial charge in [-0.05, 0) is 65.8 Å². The lowest BCUT2D eigenvalue weighted by Crippen LogP contribution is -2.28. The van der Waals surface area contributed by atoms with Crippen molar-refractivity contribution in [3.05, 3.63) is 70.3 Å². The Morgan fingerprint density at radius 3 is 2.92 bits per heavy atom. The Labute approximate surface area is 152 Å². The van der Waals surface area contributed by atoms with E-state index in [4.69, 9.17) is 16.0 Å². The number of nitrogens with zero attached hydrogens (tertiary/aromatic N) is 2. The van der Waals surface area contributed by atoms with Crippen LogP contribution in [-0.2, 0) is 12.0 Å². The predicted octanol–water partition coefficient (Wildman–Crippen LogP) is 4.32. The van der Waals surface area contributed by atoms with Gasteiger partial charge in [0.15, 0.2) is 5.17 Å². The molecule has 2 aromatic rings. The molecule has 0 radical (unpaired) electrons. The Hall–Kier alpha value is -2.51. The first-order valence-electron chi connectivity index (χ1n) is 8.40. The third-order valence-corrected chi connectivity index (χ3v) is 5.83. The number of rotatable bonds is 2. The van der Waals surface area contributed by atoms with Crippen molar-refractivity contribution in [3.63, 3.8) is 0 Å². The molecule has 0 spiro atoms. The van der Waals surface area contributed by atoms with Gasteiger partial charge < -0.3 is 5.73 Å². The summed E-state index contributed by atoms with van der Waals surface area (Å²) in [6, 6.07) is 16.8. The molecule has 4 heteroatoms. The van der Waals surface area contributed by atoms with Gasteiger partial charge in [-0.25, -0.2) is 0 Å². The number of hydrogen-bond acceptors (Lipinski definition) is 4. The third kappa shape index (κ3) is 2.96. The van der Waals surface area contributed by atoms with Crippen LogP contribution in [0.3, 0.4) is 0 Å². The van der Waals surface area contributed by atoms with Gasteiger partial charge in [0.2, 0.25) is 0 Å². The minimum absolute atomic E-state index is 0.245. The number of benzene rings is 2. The van der Waals surface area contributed by atoms with Crippen LogP contribution >= 0.6 is 11.8 Å². The van der Waals surface area contributed by atoms with Gasteiger partial charge in [-0.2, -0.15) is 5.26 Å². The van der Waals surface area contributed by atoms with E-state index in [1.807, 2.05) is 18.2 Å². The summed E-state index contributed by atoms with van der Waals surface area (Å²) in [5.74, 6) is 1.00. The fourth-order valence-electron chi connectivity index (χ4n) is 3.55. The molecule has 0 bridgehead atoms. The normalized spacial score (nSPS) is 21.9. The van der Waals surface area contributed by atoms with Crippen molar-refractivity contribution < 1.29 is 0 Å². The van der Waals surface area contributed by atoms with Crippen molar-refractivity contribution >= 4 is 28.6 Å². The van der Waals surface area contributed by atoms with E-state index in [2.05, 4.69) is 43.3 Å².